The Kier molecular flexibility index (Phi) is 4.56. The molecule has 1 atom stereocenters. The van der Waals surface area contributed by atoms with Crippen LogP contribution in [0.4, 0.5) is 4.39 Å². The second kappa shape index (κ2) is 5.73. The molecule has 20 heavy (non-hydrogen) atoms. The van der Waals surface area contributed by atoms with Crippen LogP contribution in [0.25, 0.3) is 0 Å². The number of nitrogens with zero attached hydrogens (tertiary/aromatic N) is 1. The zero-order valence-electron chi connectivity index (χ0n) is 11.8. The quantitative estimate of drug-likeness (QED) is 0.797. The lowest BCUT2D eigenvalue weighted by Crippen LogP contribution is -2.43. The highest BCUT2D eigenvalue weighted by Gasteiger charge is 2.42. The first-order valence-electron chi connectivity index (χ1n) is 6.73. The number of hydrogen-bond donors (Lipinski definition) is 0. The molecule has 0 saturated heterocycles. The first-order valence-corrected chi connectivity index (χ1v) is 8.97. The molecule has 1 fully saturated rings. The Morgan fingerprint density at radius 2 is 1.90 bits per heavy atom. The number of rotatable bonds is 5. The van der Waals surface area contributed by atoms with Gasteiger partial charge in [0, 0.05) is 16.6 Å². The van der Waals surface area contributed by atoms with Crippen molar-refractivity contribution in [3.63, 3.8) is 0 Å². The molecule has 0 N–H and O–H groups in total. The van der Waals surface area contributed by atoms with Crippen molar-refractivity contribution in [3.05, 3.63) is 28.5 Å². The van der Waals surface area contributed by atoms with Crippen LogP contribution in [0, 0.1) is 11.7 Å². The average molecular weight is 364 g/mol. The van der Waals surface area contributed by atoms with Crippen LogP contribution < -0.4 is 0 Å². The smallest absolute Gasteiger partial charge is 0.207 e. The second-order valence-corrected chi connectivity index (χ2v) is 8.29. The summed E-state index contributed by atoms with van der Waals surface area (Å²) in [5.41, 5.74) is 0. The van der Waals surface area contributed by atoms with E-state index in [0.717, 1.165) is 12.8 Å². The number of halogens is 2. The van der Waals surface area contributed by atoms with Crippen molar-refractivity contribution in [1.82, 2.24) is 4.31 Å². The molecule has 6 heteroatoms. The van der Waals surface area contributed by atoms with Crippen LogP contribution in [0.1, 0.15) is 33.6 Å². The molecule has 0 bridgehead atoms. The summed E-state index contributed by atoms with van der Waals surface area (Å²) >= 11 is 3.16. The SMILES string of the molecule is CC(C)C(C)N(C1CC1)S(=O)(=O)c1ccc(F)cc1Br. The van der Waals surface area contributed by atoms with Crippen LogP contribution in [0.15, 0.2) is 27.6 Å². The highest BCUT2D eigenvalue weighted by Crippen LogP contribution is 2.37. The fourth-order valence-corrected chi connectivity index (χ4v) is 5.19. The van der Waals surface area contributed by atoms with Crippen molar-refractivity contribution in [2.75, 3.05) is 0 Å². The summed E-state index contributed by atoms with van der Waals surface area (Å²) in [6.45, 7) is 5.95. The number of hydrogen-bond acceptors (Lipinski definition) is 2. The molecule has 0 aromatic heterocycles. The molecule has 0 heterocycles. The predicted molar refractivity (Wildman–Crippen MR) is 80.4 cm³/mol. The largest absolute Gasteiger partial charge is 0.244 e. The second-order valence-electron chi connectivity index (χ2n) is 5.63. The minimum atomic E-state index is -3.61. The van der Waals surface area contributed by atoms with E-state index in [2.05, 4.69) is 15.9 Å². The molecular formula is C14H19BrFNO2S. The number of benzene rings is 1. The molecule has 1 aliphatic rings. The van der Waals surface area contributed by atoms with Crippen molar-refractivity contribution >= 4 is 26.0 Å². The fourth-order valence-electron chi connectivity index (χ4n) is 2.17. The molecule has 1 aliphatic carbocycles. The number of sulfonamides is 1. The molecule has 0 spiro atoms. The predicted octanol–water partition coefficient (Wildman–Crippen LogP) is 3.79. The highest BCUT2D eigenvalue weighted by molar-refractivity contribution is 9.10. The van der Waals surface area contributed by atoms with Gasteiger partial charge in [0.15, 0.2) is 0 Å². The maximum absolute atomic E-state index is 13.2. The average Bonchev–Trinajstić information content (AvgIpc) is 3.12. The monoisotopic (exact) mass is 363 g/mol. The first-order chi connectivity index (χ1) is 9.25. The van der Waals surface area contributed by atoms with Crippen LogP contribution >= 0.6 is 15.9 Å². The Morgan fingerprint density at radius 3 is 2.35 bits per heavy atom. The van der Waals surface area contributed by atoms with Crippen LogP contribution in [-0.2, 0) is 10.0 Å². The fraction of sp³-hybridized carbons (Fsp3) is 0.571. The van der Waals surface area contributed by atoms with Gasteiger partial charge in [-0.15, -0.1) is 0 Å². The summed E-state index contributed by atoms with van der Waals surface area (Å²) in [5.74, 6) is -0.227. The van der Waals surface area contributed by atoms with Gasteiger partial charge in [0.1, 0.15) is 5.82 Å². The van der Waals surface area contributed by atoms with Gasteiger partial charge in [-0.25, -0.2) is 12.8 Å². The molecule has 1 aromatic rings. The van der Waals surface area contributed by atoms with Gasteiger partial charge in [0.2, 0.25) is 10.0 Å². The van der Waals surface area contributed by atoms with E-state index in [0.29, 0.717) is 0 Å². The third-order valence-electron chi connectivity index (χ3n) is 3.72. The van der Waals surface area contributed by atoms with Crippen LogP contribution in [0.5, 0.6) is 0 Å². The summed E-state index contributed by atoms with van der Waals surface area (Å²) in [6.07, 6.45) is 1.80. The molecule has 0 amide bonds. The standard InChI is InChI=1S/C14H19BrFNO2S/c1-9(2)10(3)17(12-5-6-12)20(18,19)14-7-4-11(16)8-13(14)15/h4,7-10,12H,5-6H2,1-3H3. The summed E-state index contributed by atoms with van der Waals surface area (Å²) in [7, 11) is -3.61. The maximum atomic E-state index is 13.2. The van der Waals surface area contributed by atoms with Gasteiger partial charge >= 0.3 is 0 Å². The van der Waals surface area contributed by atoms with E-state index in [-0.39, 0.29) is 27.4 Å². The Balaban J connectivity index is 2.45. The molecule has 1 saturated carbocycles. The van der Waals surface area contributed by atoms with E-state index in [4.69, 9.17) is 0 Å². The molecule has 0 radical (unpaired) electrons. The van der Waals surface area contributed by atoms with E-state index < -0.39 is 15.8 Å². The first kappa shape index (κ1) is 15.9. The Bertz CT molecular complexity index is 599. The van der Waals surface area contributed by atoms with Gasteiger partial charge in [0.05, 0.1) is 4.90 Å². The van der Waals surface area contributed by atoms with Gasteiger partial charge in [-0.1, -0.05) is 13.8 Å². The zero-order chi connectivity index (χ0) is 15.1. The maximum Gasteiger partial charge on any atom is 0.244 e. The minimum Gasteiger partial charge on any atom is -0.207 e. The zero-order valence-corrected chi connectivity index (χ0v) is 14.2. The Hall–Kier alpha value is -0.460. The normalized spacial score (nSPS) is 17.8. The third kappa shape index (κ3) is 3.07. The van der Waals surface area contributed by atoms with Crippen molar-refractivity contribution in [3.8, 4) is 0 Å². The van der Waals surface area contributed by atoms with Crippen molar-refractivity contribution in [2.24, 2.45) is 5.92 Å². The van der Waals surface area contributed by atoms with Gasteiger partial charge in [-0.2, -0.15) is 4.31 Å². The minimum absolute atomic E-state index is 0.0781. The molecule has 112 valence electrons. The van der Waals surface area contributed by atoms with Gasteiger partial charge in [0.25, 0.3) is 0 Å². The molecule has 2 rings (SSSR count). The van der Waals surface area contributed by atoms with Gasteiger partial charge < -0.3 is 0 Å². The van der Waals surface area contributed by atoms with E-state index in [9.17, 15) is 12.8 Å². The molecular weight excluding hydrogens is 345 g/mol. The summed E-state index contributed by atoms with van der Waals surface area (Å²) in [5, 5.41) is 0. The topological polar surface area (TPSA) is 37.4 Å². The molecule has 1 aromatic carbocycles. The third-order valence-corrected chi connectivity index (χ3v) is 6.74. The lowest BCUT2D eigenvalue weighted by molar-refractivity contribution is 0.269. The molecule has 3 nitrogen and oxygen atoms in total. The van der Waals surface area contributed by atoms with Crippen LogP contribution in [0.2, 0.25) is 0 Å². The summed E-state index contributed by atoms with van der Waals surface area (Å²) in [4.78, 5) is 0.137. The molecule has 0 aliphatic heterocycles. The lowest BCUT2D eigenvalue weighted by Gasteiger charge is -2.31. The van der Waals surface area contributed by atoms with E-state index in [1.54, 1.807) is 4.31 Å². The van der Waals surface area contributed by atoms with E-state index in [1.165, 1.54) is 18.2 Å². The van der Waals surface area contributed by atoms with Crippen LogP contribution in [-0.4, -0.2) is 24.8 Å². The Labute approximate surface area is 128 Å². The van der Waals surface area contributed by atoms with Crippen molar-refractivity contribution in [2.45, 2.75) is 50.6 Å². The summed E-state index contributed by atoms with van der Waals surface area (Å²) in [6, 6.07) is 3.71. The van der Waals surface area contributed by atoms with Crippen molar-refractivity contribution < 1.29 is 12.8 Å². The van der Waals surface area contributed by atoms with E-state index in [1.807, 2.05) is 20.8 Å². The highest BCUT2D eigenvalue weighted by atomic mass is 79.9. The molecule has 1 unspecified atom stereocenters. The van der Waals surface area contributed by atoms with Crippen LogP contribution in [0.3, 0.4) is 0 Å². The van der Waals surface area contributed by atoms with E-state index >= 15 is 0 Å². The van der Waals surface area contributed by atoms with Gasteiger partial charge in [-0.05, 0) is 59.8 Å². The van der Waals surface area contributed by atoms with Crippen molar-refractivity contribution in [1.29, 1.82) is 0 Å². The summed E-state index contributed by atoms with van der Waals surface area (Å²) < 4.78 is 40.8. The lowest BCUT2D eigenvalue weighted by atomic mass is 10.1. The Morgan fingerprint density at radius 1 is 1.30 bits per heavy atom. The van der Waals surface area contributed by atoms with Gasteiger partial charge in [-0.3, -0.25) is 0 Å².